The molecule has 0 fully saturated rings. The molecular weight excluding hydrogens is 901 g/mol. The summed E-state index contributed by atoms with van der Waals surface area (Å²) in [6.07, 6.45) is 7.85. The summed E-state index contributed by atoms with van der Waals surface area (Å²) >= 11 is 0. The molecule has 15 aromatic rings. The van der Waals surface area contributed by atoms with Crippen LogP contribution in [0.4, 0.5) is 0 Å². The predicted octanol–water partition coefficient (Wildman–Crippen LogP) is 17.4. The normalized spacial score (nSPS) is 12.1. The maximum absolute atomic E-state index is 5.00. The standard InChI is InChI=1S/C68H48N6/c1-41-23-27-59-51(36-41)47-15-5-9-19-55(47)71(59)65-63(45-31-34-69-35-32-45)66(72-56-20-10-6-16-48(56)52-37-42(2)24-28-60(52)72)68(74-58-22-12-8-18-50(58)54-39-44(4)26-30-62(54)74)67(64(65)46-14-13-33-70-40-46)73-57-21-11-7-17-49(57)53-38-43(3)25-29-61(53)73/h5-40H,1-4H3. The molecule has 6 heteroatoms. The Hall–Kier alpha value is -9.52. The highest BCUT2D eigenvalue weighted by Crippen LogP contribution is 2.54. The van der Waals surface area contributed by atoms with Gasteiger partial charge in [-0.05, 0) is 124 Å². The number of hydrogen-bond acceptors (Lipinski definition) is 2. The fourth-order valence-electron chi connectivity index (χ4n) is 12.5. The Kier molecular flexibility index (Phi) is 9.12. The second-order valence-corrected chi connectivity index (χ2v) is 20.1. The summed E-state index contributed by atoms with van der Waals surface area (Å²) in [7, 11) is 0. The van der Waals surface area contributed by atoms with Crippen molar-refractivity contribution < 1.29 is 0 Å². The Labute approximate surface area is 427 Å². The monoisotopic (exact) mass is 948 g/mol. The van der Waals surface area contributed by atoms with Crippen LogP contribution in [0.25, 0.3) is 132 Å². The summed E-state index contributed by atoms with van der Waals surface area (Å²) < 4.78 is 10.3. The molecule has 0 spiro atoms. The molecule has 74 heavy (non-hydrogen) atoms. The number of aromatic nitrogens is 6. The van der Waals surface area contributed by atoms with Crippen molar-refractivity contribution in [3.8, 4) is 45.0 Å². The van der Waals surface area contributed by atoms with Crippen LogP contribution in [0.3, 0.4) is 0 Å². The van der Waals surface area contributed by atoms with Gasteiger partial charge in [-0.1, -0.05) is 125 Å². The summed E-state index contributed by atoms with van der Waals surface area (Å²) in [6.45, 7) is 8.80. The SMILES string of the molecule is Cc1ccc2c(c1)c1ccccc1n2-c1c(-c2ccncc2)c(-n2c3ccccc3c3cc(C)ccc32)c(-n2c3ccccc3c3cc(C)ccc32)c(-n2c3ccccc3c3cc(C)ccc32)c1-c1cccnc1. The van der Waals surface area contributed by atoms with Gasteiger partial charge in [0.25, 0.3) is 0 Å². The molecule has 0 amide bonds. The van der Waals surface area contributed by atoms with E-state index in [9.17, 15) is 0 Å². The van der Waals surface area contributed by atoms with Gasteiger partial charge in [0, 0.05) is 84.6 Å². The molecular formula is C68H48N6. The maximum atomic E-state index is 5.00. The van der Waals surface area contributed by atoms with Crippen LogP contribution in [0.1, 0.15) is 22.3 Å². The Morgan fingerprint density at radius 2 is 0.595 bits per heavy atom. The first kappa shape index (κ1) is 42.2. The minimum Gasteiger partial charge on any atom is -0.308 e. The van der Waals surface area contributed by atoms with Gasteiger partial charge in [-0.25, -0.2) is 0 Å². The van der Waals surface area contributed by atoms with Gasteiger partial charge in [0.2, 0.25) is 0 Å². The molecule has 15 rings (SSSR count). The predicted molar refractivity (Wildman–Crippen MR) is 309 cm³/mol. The number of fused-ring (bicyclic) bond motifs is 12. The van der Waals surface area contributed by atoms with E-state index < -0.39 is 0 Å². The van der Waals surface area contributed by atoms with Crippen LogP contribution >= 0.6 is 0 Å². The molecule has 0 aliphatic carbocycles. The van der Waals surface area contributed by atoms with E-state index in [-0.39, 0.29) is 0 Å². The first-order chi connectivity index (χ1) is 36.4. The summed E-state index contributed by atoms with van der Waals surface area (Å²) in [5.74, 6) is 0. The summed E-state index contributed by atoms with van der Waals surface area (Å²) in [5.41, 5.74) is 22.1. The number of hydrogen-bond donors (Lipinski definition) is 0. The third-order valence-electron chi connectivity index (χ3n) is 15.5. The van der Waals surface area contributed by atoms with E-state index in [1.165, 1.54) is 65.3 Å². The second kappa shape index (κ2) is 16.0. The number of pyridine rings is 2. The number of aryl methyl sites for hydroxylation is 4. The molecule has 0 aliphatic heterocycles. The molecule has 0 radical (unpaired) electrons. The average molecular weight is 949 g/mol. The van der Waals surface area contributed by atoms with Crippen molar-refractivity contribution in [1.29, 1.82) is 0 Å². The lowest BCUT2D eigenvalue weighted by Gasteiger charge is -2.31. The largest absolute Gasteiger partial charge is 0.308 e. The van der Waals surface area contributed by atoms with E-state index in [1.807, 2.05) is 18.6 Å². The highest BCUT2D eigenvalue weighted by Gasteiger charge is 2.35. The van der Waals surface area contributed by atoms with Gasteiger partial charge in [-0.2, -0.15) is 0 Å². The zero-order chi connectivity index (χ0) is 49.3. The van der Waals surface area contributed by atoms with E-state index >= 15 is 0 Å². The minimum atomic E-state index is 0.992. The molecule has 0 saturated carbocycles. The van der Waals surface area contributed by atoms with Gasteiger partial charge in [-0.3, -0.25) is 9.97 Å². The lowest BCUT2D eigenvalue weighted by atomic mass is 9.90. The molecule has 0 bridgehead atoms. The Morgan fingerprint density at radius 3 is 0.973 bits per heavy atom. The lowest BCUT2D eigenvalue weighted by Crippen LogP contribution is -2.16. The molecule has 9 aromatic carbocycles. The van der Waals surface area contributed by atoms with E-state index in [0.717, 1.165) is 89.1 Å². The molecule has 0 saturated heterocycles. The van der Waals surface area contributed by atoms with Crippen molar-refractivity contribution in [2.75, 3.05) is 0 Å². The number of rotatable bonds is 6. The molecule has 6 heterocycles. The minimum absolute atomic E-state index is 0.992. The molecule has 6 nitrogen and oxygen atoms in total. The van der Waals surface area contributed by atoms with Crippen molar-refractivity contribution in [3.05, 3.63) is 241 Å². The van der Waals surface area contributed by atoms with Crippen LogP contribution in [0, 0.1) is 27.7 Å². The first-order valence-electron chi connectivity index (χ1n) is 25.5. The third-order valence-corrected chi connectivity index (χ3v) is 15.5. The van der Waals surface area contributed by atoms with Crippen LogP contribution in [-0.2, 0) is 0 Å². The number of nitrogens with zero attached hydrogens (tertiary/aromatic N) is 6. The Balaban J connectivity index is 1.35. The van der Waals surface area contributed by atoms with Gasteiger partial charge in [-0.15, -0.1) is 0 Å². The van der Waals surface area contributed by atoms with Crippen LogP contribution < -0.4 is 0 Å². The smallest absolute Gasteiger partial charge is 0.0961 e. The van der Waals surface area contributed by atoms with Gasteiger partial charge in [0.1, 0.15) is 0 Å². The van der Waals surface area contributed by atoms with Crippen LogP contribution in [0.15, 0.2) is 219 Å². The van der Waals surface area contributed by atoms with Gasteiger partial charge >= 0.3 is 0 Å². The fraction of sp³-hybridized carbons (Fsp3) is 0.0588. The molecule has 6 aromatic heterocycles. The van der Waals surface area contributed by atoms with Gasteiger partial charge in [0.05, 0.1) is 66.9 Å². The molecule has 0 N–H and O–H groups in total. The highest BCUT2D eigenvalue weighted by molar-refractivity contribution is 6.18. The Morgan fingerprint density at radius 1 is 0.257 bits per heavy atom. The van der Waals surface area contributed by atoms with E-state index in [0.29, 0.717) is 0 Å². The second-order valence-electron chi connectivity index (χ2n) is 20.1. The Bertz CT molecular complexity index is 4630. The maximum Gasteiger partial charge on any atom is 0.0961 e. The van der Waals surface area contributed by atoms with E-state index in [4.69, 9.17) is 9.97 Å². The quantitative estimate of drug-likeness (QED) is 0.167. The third kappa shape index (κ3) is 5.99. The van der Waals surface area contributed by atoms with Crippen molar-refractivity contribution in [2.24, 2.45) is 0 Å². The summed E-state index contributed by atoms with van der Waals surface area (Å²) in [4.78, 5) is 9.72. The molecule has 350 valence electrons. The lowest BCUT2D eigenvalue weighted by molar-refractivity contribution is 1.04. The fourth-order valence-corrected chi connectivity index (χ4v) is 12.5. The molecule has 0 unspecified atom stereocenters. The van der Waals surface area contributed by atoms with Gasteiger partial charge < -0.3 is 18.3 Å². The first-order valence-corrected chi connectivity index (χ1v) is 25.5. The van der Waals surface area contributed by atoms with Crippen LogP contribution in [-0.4, -0.2) is 28.2 Å². The van der Waals surface area contributed by atoms with Crippen LogP contribution in [0.2, 0.25) is 0 Å². The van der Waals surface area contributed by atoms with Crippen LogP contribution in [0.5, 0.6) is 0 Å². The van der Waals surface area contributed by atoms with Gasteiger partial charge in [0.15, 0.2) is 0 Å². The van der Waals surface area contributed by atoms with Crippen molar-refractivity contribution in [3.63, 3.8) is 0 Å². The summed E-state index contributed by atoms with van der Waals surface area (Å²) in [6, 6.07) is 72.4. The van der Waals surface area contributed by atoms with Crippen molar-refractivity contribution >= 4 is 87.2 Å². The van der Waals surface area contributed by atoms with E-state index in [1.54, 1.807) is 0 Å². The van der Waals surface area contributed by atoms with Crippen molar-refractivity contribution in [2.45, 2.75) is 27.7 Å². The average Bonchev–Trinajstić information content (AvgIpc) is 4.15. The zero-order valence-electron chi connectivity index (χ0n) is 41.5. The van der Waals surface area contributed by atoms with Crippen molar-refractivity contribution in [1.82, 2.24) is 28.2 Å². The summed E-state index contributed by atoms with van der Waals surface area (Å²) in [5, 5.41) is 9.55. The number of para-hydroxylation sites is 4. The topological polar surface area (TPSA) is 45.5 Å². The zero-order valence-corrected chi connectivity index (χ0v) is 41.5. The number of benzene rings is 9. The molecule has 0 atom stereocenters. The molecule has 0 aliphatic rings. The van der Waals surface area contributed by atoms with E-state index in [2.05, 4.69) is 246 Å². The highest BCUT2D eigenvalue weighted by atomic mass is 15.1.